The van der Waals surface area contributed by atoms with E-state index in [9.17, 15) is 13.2 Å². The maximum Gasteiger partial charge on any atom is 0.281 e. The Morgan fingerprint density at radius 1 is 1.20 bits per heavy atom. The molecule has 0 atom stereocenters. The monoisotopic (exact) mass is 399 g/mol. The zero-order valence-corrected chi connectivity index (χ0v) is 15.3. The lowest BCUT2D eigenvalue weighted by molar-refractivity contribution is 0.0959. The summed E-state index contributed by atoms with van der Waals surface area (Å²) in [5, 5.41) is 14.6. The minimum atomic E-state index is -3.75. The highest BCUT2D eigenvalue weighted by Crippen LogP contribution is 2.13. The van der Waals surface area contributed by atoms with Gasteiger partial charge in [0.1, 0.15) is 0 Å². The Labute approximate surface area is 153 Å². The third kappa shape index (κ3) is 5.64. The van der Waals surface area contributed by atoms with Gasteiger partial charge in [-0.15, -0.1) is 11.3 Å². The number of amides is 1. The molecule has 0 fully saturated rings. The molecular weight excluding hydrogens is 386 g/mol. The second-order valence-corrected chi connectivity index (χ2v) is 7.57. The number of anilines is 1. The number of halogens is 1. The number of benzene rings is 1. The Morgan fingerprint density at radius 3 is 2.44 bits per heavy atom. The summed E-state index contributed by atoms with van der Waals surface area (Å²) in [4.78, 5) is 12.3. The summed E-state index contributed by atoms with van der Waals surface area (Å²) in [6.07, 6.45) is 0. The highest BCUT2D eigenvalue weighted by Gasteiger charge is 2.08. The van der Waals surface area contributed by atoms with Crippen molar-refractivity contribution in [2.75, 3.05) is 5.43 Å². The fourth-order valence-electron chi connectivity index (χ4n) is 1.56. The van der Waals surface area contributed by atoms with E-state index in [0.29, 0.717) is 16.3 Å². The van der Waals surface area contributed by atoms with Crippen LogP contribution in [0, 0.1) is 0 Å². The summed E-state index contributed by atoms with van der Waals surface area (Å²) in [7, 11) is -3.75. The number of nitrogens with one attached hydrogen (secondary N) is 2. The van der Waals surface area contributed by atoms with Crippen LogP contribution >= 0.6 is 22.9 Å². The van der Waals surface area contributed by atoms with Gasteiger partial charge in [0.05, 0.1) is 21.2 Å². The molecule has 2 aromatic rings. The van der Waals surface area contributed by atoms with Crippen LogP contribution in [0.25, 0.3) is 0 Å². The van der Waals surface area contributed by atoms with Crippen molar-refractivity contribution >= 4 is 55.4 Å². The van der Waals surface area contributed by atoms with Crippen LogP contribution in [0.5, 0.6) is 0 Å². The van der Waals surface area contributed by atoms with E-state index in [1.165, 1.54) is 35.6 Å². The first kappa shape index (κ1) is 19.1. The average Bonchev–Trinajstić information content (AvgIpc) is 3.11. The summed E-state index contributed by atoms with van der Waals surface area (Å²) in [5.41, 5.74) is 5.81. The molecule has 2 rings (SSSR count). The first-order valence-electron chi connectivity index (χ1n) is 6.78. The van der Waals surface area contributed by atoms with E-state index in [4.69, 9.17) is 16.7 Å². The normalized spacial score (nSPS) is 12.8. The van der Waals surface area contributed by atoms with Gasteiger partial charge in [-0.3, -0.25) is 10.2 Å². The Kier molecular flexibility index (Phi) is 6.26. The van der Waals surface area contributed by atoms with Crippen molar-refractivity contribution in [2.24, 2.45) is 15.3 Å². The average molecular weight is 400 g/mol. The van der Waals surface area contributed by atoms with E-state index in [0.717, 1.165) is 0 Å². The van der Waals surface area contributed by atoms with Crippen LogP contribution in [0.2, 0.25) is 0 Å². The number of sulfonamides is 1. The van der Waals surface area contributed by atoms with Crippen molar-refractivity contribution in [1.82, 2.24) is 5.43 Å². The lowest BCUT2D eigenvalue weighted by Crippen LogP contribution is -2.20. The molecule has 1 amide bonds. The predicted molar refractivity (Wildman–Crippen MR) is 99.6 cm³/mol. The SMILES string of the molecule is CC(=N\NC(=O)c1cccs1)/C(Cl)=N/Nc1ccc(S(N)(=O)=O)cc1. The molecule has 4 N–H and O–H groups in total. The fraction of sp³-hybridized carbons (Fsp3) is 0.0714. The molecule has 0 radical (unpaired) electrons. The van der Waals surface area contributed by atoms with Gasteiger partial charge in [-0.2, -0.15) is 10.2 Å². The summed E-state index contributed by atoms with van der Waals surface area (Å²) >= 11 is 7.28. The second-order valence-electron chi connectivity index (χ2n) is 4.70. The van der Waals surface area contributed by atoms with Crippen molar-refractivity contribution < 1.29 is 13.2 Å². The van der Waals surface area contributed by atoms with Crippen molar-refractivity contribution in [3.63, 3.8) is 0 Å². The number of primary sulfonamides is 1. The van der Waals surface area contributed by atoms with Crippen molar-refractivity contribution in [1.29, 1.82) is 0 Å². The number of nitrogens with two attached hydrogens (primary N) is 1. The Bertz CT molecular complexity index is 906. The molecule has 0 aliphatic rings. The van der Waals surface area contributed by atoms with E-state index in [1.54, 1.807) is 24.4 Å². The summed E-state index contributed by atoms with van der Waals surface area (Å²) in [5.74, 6) is -0.342. The van der Waals surface area contributed by atoms with Gasteiger partial charge in [-0.05, 0) is 42.6 Å². The minimum Gasteiger partial charge on any atom is -0.277 e. The Morgan fingerprint density at radius 2 is 1.88 bits per heavy atom. The third-order valence-electron chi connectivity index (χ3n) is 2.83. The van der Waals surface area contributed by atoms with Crippen LogP contribution in [0.3, 0.4) is 0 Å². The van der Waals surface area contributed by atoms with Crippen LogP contribution in [0.4, 0.5) is 5.69 Å². The quantitative estimate of drug-likeness (QED) is 0.508. The van der Waals surface area contributed by atoms with Gasteiger partial charge >= 0.3 is 0 Å². The van der Waals surface area contributed by atoms with Crippen LogP contribution in [-0.4, -0.2) is 25.2 Å². The number of thiophene rings is 1. The number of carbonyl (C=O) groups is 1. The molecule has 8 nitrogen and oxygen atoms in total. The fourth-order valence-corrected chi connectivity index (χ4v) is 2.77. The molecule has 0 unspecified atom stereocenters. The highest BCUT2D eigenvalue weighted by molar-refractivity contribution is 7.89. The lowest BCUT2D eigenvalue weighted by Gasteiger charge is -2.03. The molecule has 1 aromatic heterocycles. The van der Waals surface area contributed by atoms with Crippen LogP contribution in [0.15, 0.2) is 56.9 Å². The Balaban J connectivity index is 1.98. The van der Waals surface area contributed by atoms with Gasteiger partial charge < -0.3 is 0 Å². The Hall–Kier alpha value is -2.27. The molecule has 0 spiro atoms. The number of hydrazone groups is 2. The summed E-state index contributed by atoms with van der Waals surface area (Å²) in [6.45, 7) is 1.58. The van der Waals surface area contributed by atoms with Gasteiger partial charge in [0.15, 0.2) is 5.17 Å². The topological polar surface area (TPSA) is 126 Å². The number of nitrogens with zero attached hydrogens (tertiary/aromatic N) is 2. The van der Waals surface area contributed by atoms with Crippen LogP contribution in [0.1, 0.15) is 16.6 Å². The zero-order chi connectivity index (χ0) is 18.4. The van der Waals surface area contributed by atoms with E-state index < -0.39 is 10.0 Å². The molecule has 1 heterocycles. The second kappa shape index (κ2) is 8.21. The predicted octanol–water partition coefficient (Wildman–Crippen LogP) is 2.17. The third-order valence-corrected chi connectivity index (χ3v) is 4.99. The number of carbonyl (C=O) groups excluding carboxylic acids is 1. The van der Waals surface area contributed by atoms with Gasteiger partial charge in [0.2, 0.25) is 10.0 Å². The molecule has 0 aliphatic heterocycles. The molecule has 132 valence electrons. The van der Waals surface area contributed by atoms with E-state index in [2.05, 4.69) is 21.1 Å². The molecule has 0 aliphatic carbocycles. The zero-order valence-electron chi connectivity index (χ0n) is 12.9. The van der Waals surface area contributed by atoms with Gasteiger partial charge in [-0.1, -0.05) is 17.7 Å². The smallest absolute Gasteiger partial charge is 0.277 e. The van der Waals surface area contributed by atoms with Crippen molar-refractivity contribution in [3.8, 4) is 0 Å². The molecular formula is C14H14ClN5O3S2. The minimum absolute atomic E-state index is 0.0119. The molecule has 1 aromatic carbocycles. The standard InChI is InChI=1S/C14H14ClN5O3S2/c1-9(17-20-14(21)12-3-2-8-24-12)13(15)19-18-10-4-6-11(7-5-10)25(16,22)23/h2-8,18H,1H3,(H,20,21)(H2,16,22,23)/b17-9+,19-13-. The van der Waals surface area contributed by atoms with Crippen molar-refractivity contribution in [3.05, 3.63) is 46.7 Å². The summed E-state index contributed by atoms with van der Waals surface area (Å²) < 4.78 is 22.3. The van der Waals surface area contributed by atoms with E-state index in [1.807, 2.05) is 0 Å². The van der Waals surface area contributed by atoms with Gasteiger partial charge in [-0.25, -0.2) is 19.0 Å². The number of rotatable bonds is 6. The van der Waals surface area contributed by atoms with E-state index >= 15 is 0 Å². The summed E-state index contributed by atoms with van der Waals surface area (Å²) in [6, 6.07) is 9.08. The molecule has 0 saturated heterocycles. The largest absolute Gasteiger partial charge is 0.281 e. The van der Waals surface area contributed by atoms with Gasteiger partial charge in [0, 0.05) is 0 Å². The molecule has 11 heteroatoms. The first-order valence-corrected chi connectivity index (χ1v) is 9.58. The van der Waals surface area contributed by atoms with Crippen LogP contribution in [-0.2, 0) is 10.0 Å². The van der Waals surface area contributed by atoms with Crippen molar-refractivity contribution in [2.45, 2.75) is 11.8 Å². The lowest BCUT2D eigenvalue weighted by atomic mass is 10.3. The number of hydrogen-bond acceptors (Lipinski definition) is 7. The maximum absolute atomic E-state index is 11.8. The van der Waals surface area contributed by atoms with E-state index in [-0.39, 0.29) is 16.0 Å². The number of hydrogen-bond donors (Lipinski definition) is 3. The highest BCUT2D eigenvalue weighted by atomic mass is 35.5. The maximum atomic E-state index is 11.8. The first-order chi connectivity index (χ1) is 11.8. The molecule has 0 saturated carbocycles. The van der Waals surface area contributed by atoms with Crippen LogP contribution < -0.4 is 16.0 Å². The molecule has 25 heavy (non-hydrogen) atoms. The molecule has 0 bridgehead atoms. The van der Waals surface area contributed by atoms with Gasteiger partial charge in [0.25, 0.3) is 5.91 Å².